The second-order valence-corrected chi connectivity index (χ2v) is 5.90. The maximum Gasteiger partial charge on any atom is 0.237 e. The number of rotatable bonds is 9. The summed E-state index contributed by atoms with van der Waals surface area (Å²) in [5.74, 6) is -0.266. The van der Waals surface area contributed by atoms with Crippen molar-refractivity contribution in [2.75, 3.05) is 33.3 Å². The number of nitrogens with one attached hydrogen (secondary N) is 1. The maximum atomic E-state index is 11.4. The molecule has 0 radical (unpaired) electrons. The molecule has 1 aliphatic rings. The molecule has 3 N–H and O–H groups in total. The van der Waals surface area contributed by atoms with Gasteiger partial charge >= 0.3 is 0 Å². The number of amides is 1. The van der Waals surface area contributed by atoms with Gasteiger partial charge < -0.3 is 20.7 Å². The van der Waals surface area contributed by atoms with Crippen LogP contribution in [0.3, 0.4) is 0 Å². The number of carbonyl (C=O) groups is 1. The second-order valence-electron chi connectivity index (χ2n) is 5.90. The Bertz CT molecular complexity index is 291. The van der Waals surface area contributed by atoms with Gasteiger partial charge in [-0.1, -0.05) is 0 Å². The SMILES string of the molecule is CCOC1CCN(CCCCC(C)(NC)C(N)=O)CC1. The minimum atomic E-state index is -0.568. The van der Waals surface area contributed by atoms with E-state index in [1.54, 1.807) is 7.05 Å². The Morgan fingerprint density at radius 1 is 1.40 bits per heavy atom. The first kappa shape index (κ1) is 17.4. The van der Waals surface area contributed by atoms with Gasteiger partial charge in [0.25, 0.3) is 0 Å². The van der Waals surface area contributed by atoms with Gasteiger partial charge in [-0.05, 0) is 59.5 Å². The fourth-order valence-electron chi connectivity index (χ4n) is 2.72. The third kappa shape index (κ3) is 5.38. The van der Waals surface area contributed by atoms with Gasteiger partial charge in [-0.2, -0.15) is 0 Å². The normalized spacial score (nSPS) is 20.8. The van der Waals surface area contributed by atoms with Gasteiger partial charge in [0, 0.05) is 19.7 Å². The molecular formula is C15H31N3O2. The van der Waals surface area contributed by atoms with Crippen LogP contribution in [0.25, 0.3) is 0 Å². The Morgan fingerprint density at radius 2 is 2.05 bits per heavy atom. The minimum absolute atomic E-state index is 0.266. The lowest BCUT2D eigenvalue weighted by molar-refractivity contribution is -0.123. The predicted molar refractivity (Wildman–Crippen MR) is 81.6 cm³/mol. The molecule has 1 aliphatic heterocycles. The van der Waals surface area contributed by atoms with E-state index in [0.29, 0.717) is 6.10 Å². The van der Waals surface area contributed by atoms with Crippen molar-refractivity contribution in [3.8, 4) is 0 Å². The van der Waals surface area contributed by atoms with Gasteiger partial charge in [0.2, 0.25) is 5.91 Å². The number of nitrogens with zero attached hydrogens (tertiary/aromatic N) is 1. The Kier molecular flexibility index (Phi) is 7.48. The first-order chi connectivity index (χ1) is 9.51. The number of primary amides is 1. The molecule has 1 saturated heterocycles. The van der Waals surface area contributed by atoms with Crippen molar-refractivity contribution in [3.63, 3.8) is 0 Å². The lowest BCUT2D eigenvalue weighted by Gasteiger charge is -2.32. The smallest absolute Gasteiger partial charge is 0.237 e. The highest BCUT2D eigenvalue weighted by Gasteiger charge is 2.28. The summed E-state index contributed by atoms with van der Waals surface area (Å²) in [5, 5.41) is 3.03. The molecule has 1 amide bonds. The van der Waals surface area contributed by atoms with Crippen LogP contribution in [0.1, 0.15) is 46.0 Å². The van der Waals surface area contributed by atoms with Crippen molar-refractivity contribution in [1.29, 1.82) is 0 Å². The molecule has 0 aromatic heterocycles. The zero-order valence-electron chi connectivity index (χ0n) is 13.3. The van der Waals surface area contributed by atoms with Crippen molar-refractivity contribution in [3.05, 3.63) is 0 Å². The molecule has 0 spiro atoms. The number of carbonyl (C=O) groups excluding carboxylic acids is 1. The van der Waals surface area contributed by atoms with Crippen molar-refractivity contribution < 1.29 is 9.53 Å². The van der Waals surface area contributed by atoms with Crippen LogP contribution in [0, 0.1) is 0 Å². The minimum Gasteiger partial charge on any atom is -0.378 e. The van der Waals surface area contributed by atoms with E-state index in [1.165, 1.54) is 0 Å². The van der Waals surface area contributed by atoms with Crippen LogP contribution in [-0.2, 0) is 9.53 Å². The van der Waals surface area contributed by atoms with E-state index in [2.05, 4.69) is 17.1 Å². The van der Waals surface area contributed by atoms with Crippen LogP contribution in [0.15, 0.2) is 0 Å². The summed E-state index contributed by atoms with van der Waals surface area (Å²) >= 11 is 0. The quantitative estimate of drug-likeness (QED) is 0.623. The van der Waals surface area contributed by atoms with Crippen LogP contribution in [-0.4, -0.2) is 55.7 Å². The van der Waals surface area contributed by atoms with Crippen LogP contribution < -0.4 is 11.1 Å². The van der Waals surface area contributed by atoms with E-state index in [9.17, 15) is 4.79 Å². The molecule has 1 heterocycles. The molecule has 5 nitrogen and oxygen atoms in total. The van der Waals surface area contributed by atoms with E-state index in [4.69, 9.17) is 10.5 Å². The Balaban J connectivity index is 2.15. The number of likely N-dealkylation sites (N-methyl/N-ethyl adjacent to an activating group) is 1. The Hall–Kier alpha value is -0.650. The average Bonchev–Trinajstić information content (AvgIpc) is 2.45. The van der Waals surface area contributed by atoms with E-state index in [-0.39, 0.29) is 5.91 Å². The summed E-state index contributed by atoms with van der Waals surface area (Å²) in [4.78, 5) is 13.9. The maximum absolute atomic E-state index is 11.4. The van der Waals surface area contributed by atoms with E-state index in [0.717, 1.165) is 58.3 Å². The van der Waals surface area contributed by atoms with E-state index >= 15 is 0 Å². The van der Waals surface area contributed by atoms with Crippen molar-refractivity contribution >= 4 is 5.91 Å². The highest BCUT2D eigenvalue weighted by atomic mass is 16.5. The largest absolute Gasteiger partial charge is 0.378 e. The van der Waals surface area contributed by atoms with Crippen LogP contribution >= 0.6 is 0 Å². The molecule has 1 unspecified atom stereocenters. The van der Waals surface area contributed by atoms with Crippen molar-refractivity contribution in [1.82, 2.24) is 10.2 Å². The molecule has 1 atom stereocenters. The third-order valence-corrected chi connectivity index (χ3v) is 4.43. The number of hydrogen-bond acceptors (Lipinski definition) is 4. The third-order valence-electron chi connectivity index (χ3n) is 4.43. The molecule has 1 rings (SSSR count). The fraction of sp³-hybridized carbons (Fsp3) is 0.933. The van der Waals surface area contributed by atoms with Crippen LogP contribution in [0.2, 0.25) is 0 Å². The molecule has 0 bridgehead atoms. The molecule has 0 saturated carbocycles. The monoisotopic (exact) mass is 285 g/mol. The van der Waals surface area contributed by atoms with Gasteiger partial charge in [-0.15, -0.1) is 0 Å². The molecule has 118 valence electrons. The summed E-state index contributed by atoms with van der Waals surface area (Å²) in [5.41, 5.74) is 4.86. The summed E-state index contributed by atoms with van der Waals surface area (Å²) in [6.07, 6.45) is 5.68. The number of hydrogen-bond donors (Lipinski definition) is 2. The van der Waals surface area contributed by atoms with Crippen molar-refractivity contribution in [2.45, 2.75) is 57.6 Å². The van der Waals surface area contributed by atoms with Crippen molar-refractivity contribution in [2.24, 2.45) is 5.73 Å². The van der Waals surface area contributed by atoms with Gasteiger partial charge in [-0.25, -0.2) is 0 Å². The summed E-state index contributed by atoms with van der Waals surface area (Å²) in [6.45, 7) is 8.12. The van der Waals surface area contributed by atoms with Crippen LogP contribution in [0.4, 0.5) is 0 Å². The molecular weight excluding hydrogens is 254 g/mol. The highest BCUT2D eigenvalue weighted by Crippen LogP contribution is 2.16. The summed E-state index contributed by atoms with van der Waals surface area (Å²) in [7, 11) is 1.79. The molecule has 20 heavy (non-hydrogen) atoms. The Labute approximate surface area is 123 Å². The number of piperidine rings is 1. The summed E-state index contributed by atoms with van der Waals surface area (Å²) in [6, 6.07) is 0. The number of ether oxygens (including phenoxy) is 1. The molecule has 5 heteroatoms. The topological polar surface area (TPSA) is 67.6 Å². The van der Waals surface area contributed by atoms with E-state index < -0.39 is 5.54 Å². The van der Waals surface area contributed by atoms with Gasteiger partial charge in [0.05, 0.1) is 11.6 Å². The predicted octanol–water partition coefficient (Wildman–Crippen LogP) is 1.12. The zero-order valence-corrected chi connectivity index (χ0v) is 13.3. The number of nitrogens with two attached hydrogens (primary N) is 1. The van der Waals surface area contributed by atoms with E-state index in [1.807, 2.05) is 6.92 Å². The van der Waals surface area contributed by atoms with Crippen LogP contribution in [0.5, 0.6) is 0 Å². The first-order valence-electron chi connectivity index (χ1n) is 7.84. The van der Waals surface area contributed by atoms with Gasteiger partial charge in [0.1, 0.15) is 0 Å². The molecule has 0 aromatic rings. The zero-order chi connectivity index (χ0) is 15.0. The summed E-state index contributed by atoms with van der Waals surface area (Å²) < 4.78 is 5.66. The standard InChI is InChI=1S/C15H31N3O2/c1-4-20-13-7-11-18(12-8-13)10-6-5-9-15(2,17-3)14(16)19/h13,17H,4-12H2,1-3H3,(H2,16,19). The highest BCUT2D eigenvalue weighted by molar-refractivity contribution is 5.84. The second kappa shape index (κ2) is 8.60. The average molecular weight is 285 g/mol. The van der Waals surface area contributed by atoms with Gasteiger partial charge in [-0.3, -0.25) is 4.79 Å². The lowest BCUT2D eigenvalue weighted by Crippen LogP contribution is -2.51. The lowest BCUT2D eigenvalue weighted by atomic mass is 9.94. The fourth-order valence-corrected chi connectivity index (χ4v) is 2.72. The number of likely N-dealkylation sites (tertiary alicyclic amines) is 1. The first-order valence-corrected chi connectivity index (χ1v) is 7.84. The molecule has 0 aromatic carbocycles. The molecule has 0 aliphatic carbocycles. The molecule has 1 fully saturated rings. The van der Waals surface area contributed by atoms with Gasteiger partial charge in [0.15, 0.2) is 0 Å². The Morgan fingerprint density at radius 3 is 2.55 bits per heavy atom. The number of unbranched alkanes of at least 4 members (excludes halogenated alkanes) is 1.